The number of carbonyl (C=O) groups is 1. The summed E-state index contributed by atoms with van der Waals surface area (Å²) < 4.78 is 0. The molecule has 17 heavy (non-hydrogen) atoms. The monoisotopic (exact) mass is 236 g/mol. The number of benzene rings is 1. The number of aromatic carboxylic acids is 1. The molecule has 0 atom stereocenters. The van der Waals surface area contributed by atoms with Crippen molar-refractivity contribution in [1.82, 2.24) is 0 Å². The molecule has 0 fully saturated rings. The van der Waals surface area contributed by atoms with Crippen molar-refractivity contribution in [3.05, 3.63) is 46.0 Å². The van der Waals surface area contributed by atoms with Crippen LogP contribution in [0.25, 0.3) is 0 Å². The fourth-order valence-electron chi connectivity index (χ4n) is 1.22. The Labute approximate surface area is 97.7 Å². The Bertz CT molecular complexity index is 482. The fraction of sp³-hybridized carbons (Fsp3) is 0.182. The van der Waals surface area contributed by atoms with Crippen LogP contribution < -0.4 is 5.32 Å². The van der Waals surface area contributed by atoms with Crippen LogP contribution in [0, 0.1) is 10.1 Å². The number of carboxylic acids is 1. The summed E-state index contributed by atoms with van der Waals surface area (Å²) in [4.78, 5) is 20.9. The van der Waals surface area contributed by atoms with Gasteiger partial charge >= 0.3 is 5.97 Å². The summed E-state index contributed by atoms with van der Waals surface area (Å²) in [5.74, 6) is -1.21. The Kier molecular flexibility index (Phi) is 3.82. The number of anilines is 1. The number of hydrogen-bond donors (Lipinski definition) is 2. The minimum Gasteiger partial charge on any atom is -0.478 e. The van der Waals surface area contributed by atoms with Crippen molar-refractivity contribution >= 4 is 17.3 Å². The van der Waals surface area contributed by atoms with Crippen molar-refractivity contribution in [1.29, 1.82) is 0 Å². The zero-order valence-electron chi connectivity index (χ0n) is 9.27. The van der Waals surface area contributed by atoms with Crippen molar-refractivity contribution in [3.8, 4) is 0 Å². The van der Waals surface area contributed by atoms with E-state index >= 15 is 0 Å². The van der Waals surface area contributed by atoms with Gasteiger partial charge < -0.3 is 10.4 Å². The lowest BCUT2D eigenvalue weighted by Crippen LogP contribution is -2.08. The molecular weight excluding hydrogens is 224 g/mol. The van der Waals surface area contributed by atoms with Gasteiger partial charge in [0.15, 0.2) is 0 Å². The SMILES string of the molecule is C=C(C)CNc1ccc([N+](=O)[O-])cc1C(=O)O. The van der Waals surface area contributed by atoms with Gasteiger partial charge in [0, 0.05) is 24.4 Å². The minimum atomic E-state index is -1.21. The smallest absolute Gasteiger partial charge is 0.338 e. The van der Waals surface area contributed by atoms with E-state index in [1.54, 1.807) is 6.92 Å². The highest BCUT2D eigenvalue weighted by Gasteiger charge is 2.15. The average Bonchev–Trinajstić information content (AvgIpc) is 2.25. The summed E-state index contributed by atoms with van der Waals surface area (Å²) in [5, 5.41) is 22.3. The molecule has 1 rings (SSSR count). The molecule has 1 aromatic carbocycles. The van der Waals surface area contributed by atoms with Crippen LogP contribution in [0.5, 0.6) is 0 Å². The van der Waals surface area contributed by atoms with Crippen molar-refractivity contribution in [3.63, 3.8) is 0 Å². The maximum Gasteiger partial charge on any atom is 0.338 e. The van der Waals surface area contributed by atoms with E-state index in [2.05, 4.69) is 11.9 Å². The number of nitro groups is 1. The van der Waals surface area contributed by atoms with E-state index in [9.17, 15) is 14.9 Å². The molecule has 90 valence electrons. The van der Waals surface area contributed by atoms with Crippen molar-refractivity contribution in [2.75, 3.05) is 11.9 Å². The summed E-state index contributed by atoms with van der Waals surface area (Å²) in [6.07, 6.45) is 0. The fourth-order valence-corrected chi connectivity index (χ4v) is 1.22. The van der Waals surface area contributed by atoms with Gasteiger partial charge in [-0.05, 0) is 13.0 Å². The maximum atomic E-state index is 11.0. The first kappa shape index (κ1) is 12.7. The van der Waals surface area contributed by atoms with Gasteiger partial charge in [-0.1, -0.05) is 12.2 Å². The quantitative estimate of drug-likeness (QED) is 0.464. The average molecular weight is 236 g/mol. The lowest BCUT2D eigenvalue weighted by Gasteiger charge is -2.08. The third-order valence-electron chi connectivity index (χ3n) is 2.02. The first-order valence-corrected chi connectivity index (χ1v) is 4.82. The van der Waals surface area contributed by atoms with Gasteiger partial charge in [-0.15, -0.1) is 0 Å². The van der Waals surface area contributed by atoms with Crippen LogP contribution in [0.15, 0.2) is 30.4 Å². The van der Waals surface area contributed by atoms with Gasteiger partial charge in [0.25, 0.3) is 5.69 Å². The first-order valence-electron chi connectivity index (χ1n) is 4.82. The second-order valence-electron chi connectivity index (χ2n) is 3.60. The van der Waals surface area contributed by atoms with Gasteiger partial charge in [-0.2, -0.15) is 0 Å². The first-order chi connectivity index (χ1) is 7.91. The molecule has 2 N–H and O–H groups in total. The van der Waals surface area contributed by atoms with E-state index in [0.717, 1.165) is 11.6 Å². The van der Waals surface area contributed by atoms with E-state index in [4.69, 9.17) is 5.11 Å². The highest BCUT2D eigenvalue weighted by Crippen LogP contribution is 2.22. The Morgan fingerprint density at radius 3 is 2.71 bits per heavy atom. The van der Waals surface area contributed by atoms with Gasteiger partial charge in [-0.3, -0.25) is 10.1 Å². The summed E-state index contributed by atoms with van der Waals surface area (Å²) in [6, 6.07) is 3.67. The van der Waals surface area contributed by atoms with Gasteiger partial charge in [0.2, 0.25) is 0 Å². The second kappa shape index (κ2) is 5.11. The van der Waals surface area contributed by atoms with Crippen LogP contribution in [0.1, 0.15) is 17.3 Å². The molecule has 0 saturated carbocycles. The summed E-state index contributed by atoms with van der Waals surface area (Å²) >= 11 is 0. The highest BCUT2D eigenvalue weighted by molar-refractivity contribution is 5.95. The van der Waals surface area contributed by atoms with E-state index < -0.39 is 10.9 Å². The molecule has 0 aliphatic carbocycles. The number of non-ortho nitro benzene ring substituents is 1. The topological polar surface area (TPSA) is 92.5 Å². The standard InChI is InChI=1S/C11H12N2O4/c1-7(2)6-12-10-4-3-8(13(16)17)5-9(10)11(14)15/h3-5,12H,1,6H2,2H3,(H,14,15). The number of rotatable bonds is 5. The Morgan fingerprint density at radius 1 is 1.59 bits per heavy atom. The molecule has 0 amide bonds. The van der Waals surface area contributed by atoms with Crippen molar-refractivity contribution < 1.29 is 14.8 Å². The summed E-state index contributed by atoms with van der Waals surface area (Å²) in [7, 11) is 0. The third-order valence-corrected chi connectivity index (χ3v) is 2.02. The summed E-state index contributed by atoms with van der Waals surface area (Å²) in [5.41, 5.74) is 0.800. The van der Waals surface area contributed by atoms with Gasteiger partial charge in [0.05, 0.1) is 10.5 Å². The minimum absolute atomic E-state index is 0.125. The number of nitrogens with zero attached hydrogens (tertiary/aromatic N) is 1. The zero-order chi connectivity index (χ0) is 13.0. The largest absolute Gasteiger partial charge is 0.478 e. The number of carboxylic acid groups (broad SMARTS) is 1. The van der Waals surface area contributed by atoms with Crippen LogP contribution in [-0.4, -0.2) is 22.5 Å². The molecule has 0 heterocycles. The predicted octanol–water partition coefficient (Wildman–Crippen LogP) is 2.28. The molecule has 0 radical (unpaired) electrons. The Morgan fingerprint density at radius 2 is 2.24 bits per heavy atom. The number of nitrogens with one attached hydrogen (secondary N) is 1. The molecule has 0 aliphatic rings. The van der Waals surface area contributed by atoms with E-state index in [1.807, 2.05) is 0 Å². The van der Waals surface area contributed by atoms with Crippen LogP contribution >= 0.6 is 0 Å². The van der Waals surface area contributed by atoms with Crippen LogP contribution in [-0.2, 0) is 0 Å². The number of nitro benzene ring substituents is 1. The van der Waals surface area contributed by atoms with Gasteiger partial charge in [-0.25, -0.2) is 4.79 Å². The normalized spacial score (nSPS) is 9.71. The van der Waals surface area contributed by atoms with Crippen molar-refractivity contribution in [2.24, 2.45) is 0 Å². The highest BCUT2D eigenvalue weighted by atomic mass is 16.6. The molecule has 0 bridgehead atoms. The molecular formula is C11H12N2O4. The Hall–Kier alpha value is -2.37. The Balaban J connectivity index is 3.08. The molecule has 6 heteroatoms. The number of hydrogen-bond acceptors (Lipinski definition) is 4. The molecule has 0 spiro atoms. The molecule has 0 aromatic heterocycles. The maximum absolute atomic E-state index is 11.0. The van der Waals surface area contributed by atoms with E-state index in [1.165, 1.54) is 12.1 Å². The van der Waals surface area contributed by atoms with E-state index in [-0.39, 0.29) is 11.3 Å². The van der Waals surface area contributed by atoms with E-state index in [0.29, 0.717) is 12.2 Å². The van der Waals surface area contributed by atoms with Crippen molar-refractivity contribution in [2.45, 2.75) is 6.92 Å². The van der Waals surface area contributed by atoms with Gasteiger partial charge in [0.1, 0.15) is 0 Å². The lowest BCUT2D eigenvalue weighted by molar-refractivity contribution is -0.384. The molecule has 6 nitrogen and oxygen atoms in total. The second-order valence-corrected chi connectivity index (χ2v) is 3.60. The summed E-state index contributed by atoms with van der Waals surface area (Å²) in [6.45, 7) is 5.88. The molecule has 1 aromatic rings. The van der Waals surface area contributed by atoms with Crippen LogP contribution in [0.3, 0.4) is 0 Å². The van der Waals surface area contributed by atoms with Crippen LogP contribution in [0.4, 0.5) is 11.4 Å². The zero-order valence-corrected chi connectivity index (χ0v) is 9.27. The molecule has 0 saturated heterocycles. The third kappa shape index (κ3) is 3.30. The van der Waals surface area contributed by atoms with Crippen LogP contribution in [0.2, 0.25) is 0 Å². The molecule has 0 unspecified atom stereocenters. The lowest BCUT2D eigenvalue weighted by atomic mass is 10.1. The molecule has 0 aliphatic heterocycles. The predicted molar refractivity (Wildman–Crippen MR) is 63.4 cm³/mol.